The lowest BCUT2D eigenvalue weighted by Gasteiger charge is -2.34. The van der Waals surface area contributed by atoms with Crippen molar-refractivity contribution in [2.75, 3.05) is 26.7 Å². The van der Waals surface area contributed by atoms with Gasteiger partial charge in [0.25, 0.3) is 10.2 Å². The molecule has 1 aliphatic rings. The lowest BCUT2D eigenvalue weighted by atomic mass is 9.83. The van der Waals surface area contributed by atoms with Crippen molar-refractivity contribution in [1.29, 1.82) is 0 Å². The molecule has 0 radical (unpaired) electrons. The molecule has 0 aromatic heterocycles. The van der Waals surface area contributed by atoms with Crippen molar-refractivity contribution in [2.45, 2.75) is 45.6 Å². The molecule has 0 bridgehead atoms. The van der Waals surface area contributed by atoms with Crippen LogP contribution in [0.5, 0.6) is 0 Å². The van der Waals surface area contributed by atoms with Gasteiger partial charge in [-0.15, -0.1) is 0 Å². The molecule has 0 aromatic carbocycles. The summed E-state index contributed by atoms with van der Waals surface area (Å²) in [5.74, 6) is 0.654. The molecule has 0 amide bonds. The minimum absolute atomic E-state index is 0.144. The molecule has 0 heterocycles. The Morgan fingerprint density at radius 2 is 1.94 bits per heavy atom. The summed E-state index contributed by atoms with van der Waals surface area (Å²) in [6.45, 7) is 6.69. The quantitative estimate of drug-likeness (QED) is 0.617. The van der Waals surface area contributed by atoms with Gasteiger partial charge >= 0.3 is 0 Å². The predicted molar refractivity (Wildman–Crippen MR) is 74.6 cm³/mol. The summed E-state index contributed by atoms with van der Waals surface area (Å²) in [5, 5.41) is 3.27. The predicted octanol–water partition coefficient (Wildman–Crippen LogP) is 0.941. The Balaban J connectivity index is 2.20. The fourth-order valence-corrected chi connectivity index (χ4v) is 3.31. The van der Waals surface area contributed by atoms with Crippen molar-refractivity contribution in [2.24, 2.45) is 5.92 Å². The largest absolute Gasteiger partial charge is 0.317 e. The molecule has 18 heavy (non-hydrogen) atoms. The Morgan fingerprint density at radius 1 is 1.28 bits per heavy atom. The highest BCUT2D eigenvalue weighted by Crippen LogP contribution is 2.26. The van der Waals surface area contributed by atoms with Gasteiger partial charge in [0.05, 0.1) is 0 Å². The van der Waals surface area contributed by atoms with Gasteiger partial charge in [-0.3, -0.25) is 0 Å². The van der Waals surface area contributed by atoms with E-state index in [2.05, 4.69) is 23.9 Å². The summed E-state index contributed by atoms with van der Waals surface area (Å²) in [5.41, 5.74) is 0. The molecular formula is C12H27N3O2S. The maximum absolute atomic E-state index is 12.0. The molecule has 0 unspecified atom stereocenters. The first-order valence-corrected chi connectivity index (χ1v) is 8.34. The van der Waals surface area contributed by atoms with E-state index in [4.69, 9.17) is 0 Å². The Hall–Kier alpha value is -0.170. The Bertz CT molecular complexity index is 326. The monoisotopic (exact) mass is 277 g/mol. The Morgan fingerprint density at radius 3 is 2.50 bits per heavy atom. The molecule has 0 spiro atoms. The third-order valence-electron chi connectivity index (χ3n) is 3.35. The first kappa shape index (κ1) is 15.9. The fraction of sp³-hybridized carbons (Fsp3) is 1.00. The number of nitrogens with one attached hydrogen (secondary N) is 2. The minimum Gasteiger partial charge on any atom is -0.317 e. The number of rotatable bonds is 9. The topological polar surface area (TPSA) is 61.4 Å². The van der Waals surface area contributed by atoms with Crippen molar-refractivity contribution in [3.63, 3.8) is 0 Å². The van der Waals surface area contributed by atoms with Crippen LogP contribution in [0.15, 0.2) is 0 Å². The average molecular weight is 277 g/mol. The van der Waals surface area contributed by atoms with Gasteiger partial charge in [0.1, 0.15) is 0 Å². The van der Waals surface area contributed by atoms with Crippen LogP contribution in [0.25, 0.3) is 0 Å². The lowest BCUT2D eigenvalue weighted by molar-refractivity contribution is 0.265. The van der Waals surface area contributed by atoms with Crippen molar-refractivity contribution >= 4 is 10.2 Å². The average Bonchev–Trinajstić information content (AvgIpc) is 2.26. The maximum Gasteiger partial charge on any atom is 0.279 e. The minimum atomic E-state index is -3.28. The molecule has 0 aliphatic heterocycles. The first-order chi connectivity index (χ1) is 8.45. The molecule has 0 atom stereocenters. The van der Waals surface area contributed by atoms with Crippen LogP contribution in [0.1, 0.15) is 39.5 Å². The van der Waals surface area contributed by atoms with Crippen LogP contribution < -0.4 is 10.0 Å². The zero-order valence-corrected chi connectivity index (χ0v) is 12.6. The molecule has 5 nitrogen and oxygen atoms in total. The highest BCUT2D eigenvalue weighted by atomic mass is 32.2. The SMILES string of the molecule is CCCNCCCN(C)S(=O)(=O)NC1CC(C)C1. The van der Waals surface area contributed by atoms with Gasteiger partial charge in [-0.1, -0.05) is 13.8 Å². The summed E-state index contributed by atoms with van der Waals surface area (Å²) in [6.07, 6.45) is 3.88. The third-order valence-corrected chi connectivity index (χ3v) is 4.99. The van der Waals surface area contributed by atoms with Crippen LogP contribution in [-0.4, -0.2) is 45.4 Å². The first-order valence-electron chi connectivity index (χ1n) is 6.90. The maximum atomic E-state index is 12.0. The third kappa shape index (κ3) is 5.22. The molecule has 1 fully saturated rings. The van der Waals surface area contributed by atoms with Crippen LogP contribution in [0.2, 0.25) is 0 Å². The van der Waals surface area contributed by atoms with Gasteiger partial charge in [-0.25, -0.2) is 0 Å². The van der Waals surface area contributed by atoms with Crippen LogP contribution in [0.3, 0.4) is 0 Å². The summed E-state index contributed by atoms with van der Waals surface area (Å²) in [6, 6.07) is 0.144. The van der Waals surface area contributed by atoms with E-state index in [0.29, 0.717) is 12.5 Å². The highest BCUT2D eigenvalue weighted by molar-refractivity contribution is 7.87. The van der Waals surface area contributed by atoms with Gasteiger partial charge in [0.15, 0.2) is 0 Å². The van der Waals surface area contributed by atoms with E-state index in [9.17, 15) is 8.42 Å². The second kappa shape index (κ2) is 7.43. The molecule has 1 rings (SSSR count). The second-order valence-corrected chi connectivity index (χ2v) is 7.13. The zero-order valence-electron chi connectivity index (χ0n) is 11.8. The van der Waals surface area contributed by atoms with Crippen LogP contribution in [-0.2, 0) is 10.2 Å². The molecule has 6 heteroatoms. The van der Waals surface area contributed by atoms with Gasteiger partial charge in [-0.05, 0) is 44.7 Å². The fourth-order valence-electron chi connectivity index (χ4n) is 2.15. The number of hydrogen-bond donors (Lipinski definition) is 2. The van der Waals surface area contributed by atoms with E-state index in [1.807, 2.05) is 0 Å². The molecule has 0 aromatic rings. The standard InChI is InChI=1S/C12H27N3O2S/c1-4-6-13-7-5-8-15(3)18(16,17)14-12-9-11(2)10-12/h11-14H,4-10H2,1-3H3. The van der Waals surface area contributed by atoms with E-state index in [1.165, 1.54) is 4.31 Å². The van der Waals surface area contributed by atoms with E-state index in [0.717, 1.165) is 38.8 Å². The van der Waals surface area contributed by atoms with E-state index >= 15 is 0 Å². The molecule has 0 saturated heterocycles. The Kier molecular flexibility index (Phi) is 6.55. The van der Waals surface area contributed by atoms with Crippen molar-refractivity contribution in [3.8, 4) is 0 Å². The summed E-state index contributed by atoms with van der Waals surface area (Å²) < 4.78 is 28.1. The van der Waals surface area contributed by atoms with E-state index in [-0.39, 0.29) is 6.04 Å². The zero-order chi connectivity index (χ0) is 13.6. The second-order valence-electron chi connectivity index (χ2n) is 5.32. The van der Waals surface area contributed by atoms with E-state index in [1.54, 1.807) is 7.05 Å². The molecule has 2 N–H and O–H groups in total. The van der Waals surface area contributed by atoms with Crippen molar-refractivity contribution in [3.05, 3.63) is 0 Å². The van der Waals surface area contributed by atoms with Crippen LogP contribution in [0.4, 0.5) is 0 Å². The van der Waals surface area contributed by atoms with Crippen LogP contribution >= 0.6 is 0 Å². The van der Waals surface area contributed by atoms with Crippen LogP contribution in [0, 0.1) is 5.92 Å². The van der Waals surface area contributed by atoms with Gasteiger partial charge in [0.2, 0.25) is 0 Å². The van der Waals surface area contributed by atoms with Crippen molar-refractivity contribution in [1.82, 2.24) is 14.3 Å². The summed E-state index contributed by atoms with van der Waals surface area (Å²) in [4.78, 5) is 0. The van der Waals surface area contributed by atoms with Gasteiger partial charge < -0.3 is 5.32 Å². The molecular weight excluding hydrogens is 250 g/mol. The summed E-state index contributed by atoms with van der Waals surface area (Å²) in [7, 11) is -1.64. The number of hydrogen-bond acceptors (Lipinski definition) is 3. The number of nitrogens with zero attached hydrogens (tertiary/aromatic N) is 1. The normalized spacial score (nSPS) is 24.2. The van der Waals surface area contributed by atoms with Gasteiger partial charge in [0, 0.05) is 19.6 Å². The summed E-state index contributed by atoms with van der Waals surface area (Å²) >= 11 is 0. The van der Waals surface area contributed by atoms with E-state index < -0.39 is 10.2 Å². The lowest BCUT2D eigenvalue weighted by Crippen LogP contribution is -2.49. The molecule has 1 saturated carbocycles. The Labute approximate surface area is 112 Å². The highest BCUT2D eigenvalue weighted by Gasteiger charge is 2.30. The molecule has 1 aliphatic carbocycles. The molecule has 108 valence electrons. The smallest absolute Gasteiger partial charge is 0.279 e. The van der Waals surface area contributed by atoms with Gasteiger partial charge in [-0.2, -0.15) is 17.4 Å². The van der Waals surface area contributed by atoms with Crippen molar-refractivity contribution < 1.29 is 8.42 Å².